The number of benzene rings is 1. The average Bonchev–Trinajstić information content (AvgIpc) is 3.24. The van der Waals surface area contributed by atoms with Gasteiger partial charge in [-0.25, -0.2) is 4.68 Å². The van der Waals surface area contributed by atoms with Gasteiger partial charge in [0.25, 0.3) is 0 Å². The average molecular weight is 342 g/mol. The third-order valence-electron chi connectivity index (χ3n) is 3.55. The van der Waals surface area contributed by atoms with Crippen LogP contribution in [0.4, 0.5) is 0 Å². The van der Waals surface area contributed by atoms with E-state index in [1.165, 1.54) is 7.05 Å². The molecule has 124 valence electrons. The minimum atomic E-state index is -1.29. The lowest BCUT2D eigenvalue weighted by Crippen LogP contribution is -2.24. The summed E-state index contributed by atoms with van der Waals surface area (Å²) in [6.07, 6.45) is 5.55. The van der Waals surface area contributed by atoms with Gasteiger partial charge in [-0.3, -0.25) is 9.00 Å². The molecule has 1 amide bonds. The van der Waals surface area contributed by atoms with Crippen LogP contribution >= 0.6 is 0 Å². The number of carbonyl (C=O) groups excluding carboxylic acids is 1. The monoisotopic (exact) mass is 342 g/mol. The maximum atomic E-state index is 12.3. The molecule has 0 bridgehead atoms. The summed E-state index contributed by atoms with van der Waals surface area (Å²) in [6.45, 7) is 0. The highest BCUT2D eigenvalue weighted by Gasteiger charge is 2.17. The highest BCUT2D eigenvalue weighted by atomic mass is 32.2. The number of aromatic nitrogens is 3. The first kappa shape index (κ1) is 16.2. The Hall–Kier alpha value is -2.67. The molecule has 0 aliphatic carbocycles. The van der Waals surface area contributed by atoms with E-state index in [-0.39, 0.29) is 17.4 Å². The van der Waals surface area contributed by atoms with Crippen molar-refractivity contribution in [1.82, 2.24) is 19.7 Å². The van der Waals surface area contributed by atoms with Gasteiger partial charge in [-0.15, -0.1) is 0 Å². The van der Waals surface area contributed by atoms with Gasteiger partial charge in [-0.05, 0) is 24.3 Å². The van der Waals surface area contributed by atoms with Crippen molar-refractivity contribution in [2.75, 3.05) is 12.8 Å². The molecular formula is C17H18N4O2S. The Bertz CT molecular complexity index is 841. The summed E-state index contributed by atoms with van der Waals surface area (Å²) in [6, 6.07) is 13.6. The molecule has 0 aliphatic rings. The SMILES string of the molecule is CNC(=O)CS(=O)Cc1cnn(-c2ccccc2)c1-n1cccc1. The van der Waals surface area contributed by atoms with Crippen LogP contribution in [-0.4, -0.2) is 37.3 Å². The third kappa shape index (κ3) is 3.46. The fourth-order valence-electron chi connectivity index (χ4n) is 2.43. The molecule has 0 saturated heterocycles. The van der Waals surface area contributed by atoms with Crippen LogP contribution < -0.4 is 5.32 Å². The van der Waals surface area contributed by atoms with Crippen LogP contribution in [0.5, 0.6) is 0 Å². The molecule has 0 saturated carbocycles. The Morgan fingerprint density at radius 1 is 1.17 bits per heavy atom. The summed E-state index contributed by atoms with van der Waals surface area (Å²) in [5, 5.41) is 6.95. The summed E-state index contributed by atoms with van der Waals surface area (Å²) in [5.41, 5.74) is 1.75. The molecule has 2 heterocycles. The lowest BCUT2D eigenvalue weighted by atomic mass is 10.3. The number of nitrogens with zero attached hydrogens (tertiary/aromatic N) is 3. The Kier molecular flexibility index (Phi) is 4.90. The molecule has 24 heavy (non-hydrogen) atoms. The van der Waals surface area contributed by atoms with Crippen LogP contribution in [0.15, 0.2) is 61.1 Å². The fraction of sp³-hybridized carbons (Fsp3) is 0.176. The van der Waals surface area contributed by atoms with Crippen molar-refractivity contribution < 1.29 is 9.00 Å². The number of carbonyl (C=O) groups is 1. The highest BCUT2D eigenvalue weighted by molar-refractivity contribution is 7.84. The Balaban J connectivity index is 1.97. The quantitative estimate of drug-likeness (QED) is 0.741. The van der Waals surface area contributed by atoms with E-state index in [1.54, 1.807) is 6.20 Å². The number of nitrogens with one attached hydrogen (secondary N) is 1. The van der Waals surface area contributed by atoms with E-state index in [9.17, 15) is 9.00 Å². The van der Waals surface area contributed by atoms with Crippen molar-refractivity contribution in [3.63, 3.8) is 0 Å². The second-order valence-corrected chi connectivity index (χ2v) is 6.69. The van der Waals surface area contributed by atoms with Crippen LogP contribution in [0.25, 0.3) is 11.5 Å². The number of hydrogen-bond acceptors (Lipinski definition) is 3. The minimum Gasteiger partial charge on any atom is -0.358 e. The molecule has 0 aliphatic heterocycles. The summed E-state index contributed by atoms with van der Waals surface area (Å²) in [5.74, 6) is 0.856. The highest BCUT2D eigenvalue weighted by Crippen LogP contribution is 2.21. The molecule has 3 aromatic rings. The van der Waals surface area contributed by atoms with Gasteiger partial charge < -0.3 is 9.88 Å². The molecule has 0 spiro atoms. The Morgan fingerprint density at radius 3 is 2.54 bits per heavy atom. The Morgan fingerprint density at radius 2 is 1.88 bits per heavy atom. The van der Waals surface area contributed by atoms with Gasteiger partial charge in [0, 0.05) is 35.8 Å². The van der Waals surface area contributed by atoms with E-state index >= 15 is 0 Å². The summed E-state index contributed by atoms with van der Waals surface area (Å²) in [7, 11) is 0.245. The summed E-state index contributed by atoms with van der Waals surface area (Å²) >= 11 is 0. The molecule has 0 radical (unpaired) electrons. The first-order valence-electron chi connectivity index (χ1n) is 7.50. The molecule has 2 aromatic heterocycles. The number of para-hydroxylation sites is 1. The summed E-state index contributed by atoms with van der Waals surface area (Å²) in [4.78, 5) is 11.4. The summed E-state index contributed by atoms with van der Waals surface area (Å²) < 4.78 is 16.0. The van der Waals surface area contributed by atoms with Gasteiger partial charge >= 0.3 is 0 Å². The fourth-order valence-corrected chi connectivity index (χ4v) is 3.52. The van der Waals surface area contributed by atoms with Crippen LogP contribution in [0.1, 0.15) is 5.56 Å². The molecule has 3 rings (SSSR count). The standard InChI is InChI=1S/C17H18N4O2S/c1-18-16(22)13-24(23)12-14-11-19-21(15-7-3-2-4-8-15)17(14)20-9-5-6-10-20/h2-11H,12-13H2,1H3,(H,18,22). The molecule has 0 fully saturated rings. The maximum Gasteiger partial charge on any atom is 0.232 e. The molecule has 7 heteroatoms. The number of amides is 1. The van der Waals surface area contributed by atoms with Crippen molar-refractivity contribution >= 4 is 16.7 Å². The van der Waals surface area contributed by atoms with Gasteiger partial charge in [-0.2, -0.15) is 5.10 Å². The van der Waals surface area contributed by atoms with Crippen LogP contribution in [0, 0.1) is 0 Å². The zero-order valence-electron chi connectivity index (χ0n) is 13.3. The largest absolute Gasteiger partial charge is 0.358 e. The van der Waals surface area contributed by atoms with E-state index in [4.69, 9.17) is 0 Å². The topological polar surface area (TPSA) is 68.9 Å². The van der Waals surface area contributed by atoms with E-state index in [0.29, 0.717) is 0 Å². The maximum absolute atomic E-state index is 12.3. The van der Waals surface area contributed by atoms with Gasteiger partial charge in [0.05, 0.1) is 17.6 Å². The number of hydrogen-bond donors (Lipinski definition) is 1. The van der Waals surface area contributed by atoms with E-state index in [2.05, 4.69) is 10.4 Å². The zero-order chi connectivity index (χ0) is 16.9. The molecule has 1 aromatic carbocycles. The Labute approximate surface area is 142 Å². The predicted molar refractivity (Wildman–Crippen MR) is 93.7 cm³/mol. The molecule has 6 nitrogen and oxygen atoms in total. The van der Waals surface area contributed by atoms with E-state index in [1.807, 2.05) is 64.1 Å². The van der Waals surface area contributed by atoms with Gasteiger partial charge in [0.15, 0.2) is 0 Å². The van der Waals surface area contributed by atoms with Gasteiger partial charge in [0.1, 0.15) is 11.6 Å². The number of rotatable bonds is 6. The second kappa shape index (κ2) is 7.27. The van der Waals surface area contributed by atoms with Gasteiger partial charge in [0.2, 0.25) is 5.91 Å². The van der Waals surface area contributed by atoms with Crippen molar-refractivity contribution in [2.45, 2.75) is 5.75 Å². The van der Waals surface area contributed by atoms with Crippen LogP contribution in [0.3, 0.4) is 0 Å². The van der Waals surface area contributed by atoms with E-state index < -0.39 is 10.8 Å². The van der Waals surface area contributed by atoms with Crippen molar-refractivity contribution in [2.24, 2.45) is 0 Å². The molecule has 1 atom stereocenters. The zero-order valence-corrected chi connectivity index (χ0v) is 14.1. The molecular weight excluding hydrogens is 324 g/mol. The van der Waals surface area contributed by atoms with Crippen LogP contribution in [-0.2, 0) is 21.3 Å². The lowest BCUT2D eigenvalue weighted by Gasteiger charge is -2.11. The van der Waals surface area contributed by atoms with Crippen LogP contribution in [0.2, 0.25) is 0 Å². The van der Waals surface area contributed by atoms with Gasteiger partial charge in [-0.1, -0.05) is 18.2 Å². The first-order chi connectivity index (χ1) is 11.7. The third-order valence-corrected chi connectivity index (χ3v) is 4.77. The predicted octanol–water partition coefficient (Wildman–Crippen LogP) is 1.66. The van der Waals surface area contributed by atoms with Crippen molar-refractivity contribution in [1.29, 1.82) is 0 Å². The first-order valence-corrected chi connectivity index (χ1v) is 8.99. The van der Waals surface area contributed by atoms with Crippen molar-refractivity contribution in [3.8, 4) is 11.5 Å². The van der Waals surface area contributed by atoms with Crippen molar-refractivity contribution in [3.05, 3.63) is 66.6 Å². The smallest absolute Gasteiger partial charge is 0.232 e. The van der Waals surface area contributed by atoms with E-state index in [0.717, 1.165) is 17.1 Å². The molecule has 1 unspecified atom stereocenters. The second-order valence-electron chi connectivity index (χ2n) is 5.23. The molecule has 1 N–H and O–H groups in total. The normalized spacial score (nSPS) is 12.0. The minimum absolute atomic E-state index is 0.0157. The lowest BCUT2D eigenvalue weighted by molar-refractivity contribution is -0.118.